The Labute approximate surface area is 148 Å². The van der Waals surface area contributed by atoms with Gasteiger partial charge in [-0.2, -0.15) is 0 Å². The zero-order chi connectivity index (χ0) is 18.0. The Balaban J connectivity index is 1.95. The minimum Gasteiger partial charge on any atom is -0.481 e. The molecule has 2 heterocycles. The predicted octanol–water partition coefficient (Wildman–Crippen LogP) is 3.62. The van der Waals surface area contributed by atoms with E-state index in [2.05, 4.69) is 43.0 Å². The molecule has 1 aliphatic heterocycles. The minimum atomic E-state index is -0.686. The summed E-state index contributed by atoms with van der Waals surface area (Å²) >= 11 is 0. The van der Waals surface area contributed by atoms with Crippen LogP contribution >= 0.6 is 0 Å². The van der Waals surface area contributed by atoms with E-state index in [-0.39, 0.29) is 5.92 Å². The molecule has 1 N–H and O–H groups in total. The van der Waals surface area contributed by atoms with E-state index in [0.717, 1.165) is 48.0 Å². The standard InChI is InChI=1S/C20H25N3O2/c1-4-17-14(3)21-18(15-7-5-13(2)6-8-15)22-19(17)23-11-9-16(10-12-23)20(24)25/h5-8,16H,4,9-12H2,1-3H3,(H,24,25). The van der Waals surface area contributed by atoms with Gasteiger partial charge in [-0.3, -0.25) is 4.79 Å². The van der Waals surface area contributed by atoms with Crippen LogP contribution in [0.1, 0.15) is 36.6 Å². The van der Waals surface area contributed by atoms with Gasteiger partial charge < -0.3 is 10.0 Å². The van der Waals surface area contributed by atoms with E-state index in [9.17, 15) is 9.90 Å². The van der Waals surface area contributed by atoms with Crippen molar-refractivity contribution in [2.24, 2.45) is 5.92 Å². The van der Waals surface area contributed by atoms with Gasteiger partial charge in [0.1, 0.15) is 5.82 Å². The van der Waals surface area contributed by atoms with Gasteiger partial charge in [0.2, 0.25) is 0 Å². The van der Waals surface area contributed by atoms with E-state index < -0.39 is 5.97 Å². The molecule has 1 fully saturated rings. The number of carboxylic acids is 1. The number of carboxylic acid groups (broad SMARTS) is 1. The number of carbonyl (C=O) groups is 1. The molecule has 25 heavy (non-hydrogen) atoms. The second-order valence-electron chi connectivity index (χ2n) is 6.75. The van der Waals surface area contributed by atoms with Gasteiger partial charge in [0.25, 0.3) is 0 Å². The van der Waals surface area contributed by atoms with Gasteiger partial charge in [-0.05, 0) is 33.1 Å². The lowest BCUT2D eigenvalue weighted by Gasteiger charge is -2.32. The topological polar surface area (TPSA) is 66.3 Å². The van der Waals surface area contributed by atoms with Gasteiger partial charge >= 0.3 is 5.97 Å². The highest BCUT2D eigenvalue weighted by molar-refractivity contribution is 5.70. The average Bonchev–Trinajstić information content (AvgIpc) is 2.61. The van der Waals surface area contributed by atoms with Crippen LogP contribution in [0.25, 0.3) is 11.4 Å². The molecule has 132 valence electrons. The number of nitrogens with zero attached hydrogens (tertiary/aromatic N) is 3. The van der Waals surface area contributed by atoms with Gasteiger partial charge in [0.05, 0.1) is 5.92 Å². The molecule has 0 atom stereocenters. The summed E-state index contributed by atoms with van der Waals surface area (Å²) in [5.41, 5.74) is 4.38. The fourth-order valence-electron chi connectivity index (χ4n) is 3.43. The maximum atomic E-state index is 11.2. The largest absolute Gasteiger partial charge is 0.481 e. The lowest BCUT2D eigenvalue weighted by atomic mass is 9.96. The van der Waals surface area contributed by atoms with Gasteiger partial charge in [0.15, 0.2) is 5.82 Å². The van der Waals surface area contributed by atoms with E-state index >= 15 is 0 Å². The van der Waals surface area contributed by atoms with Crippen molar-refractivity contribution in [2.45, 2.75) is 40.0 Å². The fraction of sp³-hybridized carbons (Fsp3) is 0.450. The lowest BCUT2D eigenvalue weighted by Crippen LogP contribution is -2.37. The van der Waals surface area contributed by atoms with Crippen LogP contribution in [0.5, 0.6) is 0 Å². The second-order valence-corrected chi connectivity index (χ2v) is 6.75. The SMILES string of the molecule is CCc1c(C)nc(-c2ccc(C)cc2)nc1N1CCC(C(=O)O)CC1. The molecule has 5 nitrogen and oxygen atoms in total. The Hall–Kier alpha value is -2.43. The summed E-state index contributed by atoms with van der Waals surface area (Å²) in [4.78, 5) is 23.0. The van der Waals surface area contributed by atoms with Crippen molar-refractivity contribution in [1.82, 2.24) is 9.97 Å². The number of aryl methyl sites for hydroxylation is 2. The van der Waals surface area contributed by atoms with Gasteiger partial charge in [-0.1, -0.05) is 36.8 Å². The number of aliphatic carboxylic acids is 1. The first-order valence-electron chi connectivity index (χ1n) is 8.92. The van der Waals surface area contributed by atoms with E-state index in [1.807, 2.05) is 6.92 Å². The molecular weight excluding hydrogens is 314 g/mol. The summed E-state index contributed by atoms with van der Waals surface area (Å²) < 4.78 is 0. The number of anilines is 1. The van der Waals surface area contributed by atoms with Crippen LogP contribution in [0.3, 0.4) is 0 Å². The zero-order valence-corrected chi connectivity index (χ0v) is 15.1. The smallest absolute Gasteiger partial charge is 0.306 e. The highest BCUT2D eigenvalue weighted by Crippen LogP contribution is 2.29. The van der Waals surface area contributed by atoms with Crippen molar-refractivity contribution in [2.75, 3.05) is 18.0 Å². The van der Waals surface area contributed by atoms with Crippen molar-refractivity contribution in [1.29, 1.82) is 0 Å². The normalized spacial score (nSPS) is 15.4. The Morgan fingerprint density at radius 3 is 2.36 bits per heavy atom. The first-order chi connectivity index (χ1) is 12.0. The third-order valence-electron chi connectivity index (χ3n) is 5.00. The molecule has 1 saturated heterocycles. The third-order valence-corrected chi connectivity index (χ3v) is 5.00. The van der Waals surface area contributed by atoms with Gasteiger partial charge in [0, 0.05) is 29.9 Å². The van der Waals surface area contributed by atoms with Crippen LogP contribution in [-0.2, 0) is 11.2 Å². The quantitative estimate of drug-likeness (QED) is 0.921. The van der Waals surface area contributed by atoms with Gasteiger partial charge in [-0.25, -0.2) is 9.97 Å². The van der Waals surface area contributed by atoms with E-state index in [1.54, 1.807) is 0 Å². The zero-order valence-electron chi connectivity index (χ0n) is 15.1. The predicted molar refractivity (Wildman–Crippen MR) is 98.9 cm³/mol. The summed E-state index contributed by atoms with van der Waals surface area (Å²) in [7, 11) is 0. The van der Waals surface area contributed by atoms with Crippen LogP contribution < -0.4 is 4.90 Å². The van der Waals surface area contributed by atoms with Crippen LogP contribution in [0.15, 0.2) is 24.3 Å². The molecule has 5 heteroatoms. The number of benzene rings is 1. The molecule has 1 aliphatic rings. The Bertz CT molecular complexity index is 763. The van der Waals surface area contributed by atoms with Crippen LogP contribution in [-0.4, -0.2) is 34.1 Å². The van der Waals surface area contributed by atoms with Crippen molar-refractivity contribution < 1.29 is 9.90 Å². The summed E-state index contributed by atoms with van der Waals surface area (Å²) in [6.45, 7) is 7.67. The Morgan fingerprint density at radius 2 is 1.80 bits per heavy atom. The molecule has 0 amide bonds. The van der Waals surface area contributed by atoms with E-state index in [0.29, 0.717) is 12.8 Å². The molecule has 0 aliphatic carbocycles. The number of hydrogen-bond acceptors (Lipinski definition) is 4. The van der Waals surface area contributed by atoms with E-state index in [1.165, 1.54) is 5.56 Å². The molecule has 3 rings (SSSR count). The number of hydrogen-bond donors (Lipinski definition) is 1. The lowest BCUT2D eigenvalue weighted by molar-refractivity contribution is -0.142. The Kier molecular flexibility index (Phi) is 5.02. The number of piperidine rings is 1. The van der Waals surface area contributed by atoms with Crippen LogP contribution in [0.4, 0.5) is 5.82 Å². The highest BCUT2D eigenvalue weighted by atomic mass is 16.4. The van der Waals surface area contributed by atoms with Crippen LogP contribution in [0.2, 0.25) is 0 Å². The molecule has 0 spiro atoms. The summed E-state index contributed by atoms with van der Waals surface area (Å²) in [6.07, 6.45) is 2.21. The van der Waals surface area contributed by atoms with Gasteiger partial charge in [-0.15, -0.1) is 0 Å². The minimum absolute atomic E-state index is 0.235. The van der Waals surface area contributed by atoms with Crippen molar-refractivity contribution >= 4 is 11.8 Å². The van der Waals surface area contributed by atoms with E-state index in [4.69, 9.17) is 9.97 Å². The summed E-state index contributed by atoms with van der Waals surface area (Å²) in [5, 5.41) is 9.21. The molecular formula is C20H25N3O2. The molecule has 2 aromatic rings. The molecule has 1 aromatic heterocycles. The molecule has 0 radical (unpaired) electrons. The first-order valence-corrected chi connectivity index (χ1v) is 8.92. The maximum Gasteiger partial charge on any atom is 0.306 e. The second kappa shape index (κ2) is 7.21. The summed E-state index contributed by atoms with van der Waals surface area (Å²) in [6, 6.07) is 8.24. The Morgan fingerprint density at radius 1 is 1.16 bits per heavy atom. The molecule has 1 aromatic carbocycles. The molecule has 0 saturated carbocycles. The molecule has 0 unspecified atom stereocenters. The average molecular weight is 339 g/mol. The summed E-state index contributed by atoms with van der Waals surface area (Å²) in [5.74, 6) is 0.787. The number of rotatable bonds is 4. The van der Waals surface area contributed by atoms with Crippen molar-refractivity contribution in [3.05, 3.63) is 41.1 Å². The monoisotopic (exact) mass is 339 g/mol. The molecule has 0 bridgehead atoms. The fourth-order valence-corrected chi connectivity index (χ4v) is 3.43. The number of aromatic nitrogens is 2. The first kappa shape index (κ1) is 17.4. The highest BCUT2D eigenvalue weighted by Gasteiger charge is 2.27. The third kappa shape index (κ3) is 3.65. The van der Waals surface area contributed by atoms with Crippen molar-refractivity contribution in [3.8, 4) is 11.4 Å². The van der Waals surface area contributed by atoms with Crippen LogP contribution in [0, 0.1) is 19.8 Å². The maximum absolute atomic E-state index is 11.2. The van der Waals surface area contributed by atoms with Crippen molar-refractivity contribution in [3.63, 3.8) is 0 Å².